The number of amides is 1. The van der Waals surface area contributed by atoms with Crippen molar-refractivity contribution in [2.24, 2.45) is 7.05 Å². The van der Waals surface area contributed by atoms with E-state index in [1.54, 1.807) is 18.1 Å². The van der Waals surface area contributed by atoms with Crippen LogP contribution in [0, 0.1) is 0 Å². The van der Waals surface area contributed by atoms with Crippen molar-refractivity contribution in [2.75, 3.05) is 16.9 Å². The lowest BCUT2D eigenvalue weighted by Gasteiger charge is -2.11. The minimum atomic E-state index is -0.113. The Balaban J connectivity index is 0.00000161. The summed E-state index contributed by atoms with van der Waals surface area (Å²) in [6.45, 7) is 0. The normalized spacial score (nSPS) is 17.3. The van der Waals surface area contributed by atoms with Crippen molar-refractivity contribution in [1.82, 2.24) is 20.1 Å². The van der Waals surface area contributed by atoms with Crippen LogP contribution in [-0.2, 0) is 11.8 Å². The number of carbonyl (C=O) groups excluding carboxylic acids is 1. The van der Waals surface area contributed by atoms with E-state index in [2.05, 4.69) is 20.8 Å². The van der Waals surface area contributed by atoms with Gasteiger partial charge < -0.3 is 9.88 Å². The highest BCUT2D eigenvalue weighted by Crippen LogP contribution is 2.20. The number of rotatable bonds is 3. The molecule has 1 aromatic carbocycles. The van der Waals surface area contributed by atoms with Crippen LogP contribution in [0.5, 0.6) is 0 Å². The summed E-state index contributed by atoms with van der Waals surface area (Å²) in [6, 6.07) is 7.52. The molecule has 2 aromatic rings. The monoisotopic (exact) mass is 325 g/mol. The van der Waals surface area contributed by atoms with Gasteiger partial charge in [0.25, 0.3) is 0 Å². The molecule has 1 unspecified atom stereocenters. The molecule has 2 N–H and O–H groups in total. The topological polar surface area (TPSA) is 71.8 Å². The molecule has 0 spiro atoms. The molecule has 1 aliphatic rings. The molecule has 8 heteroatoms. The third-order valence-corrected chi connectivity index (χ3v) is 4.07. The molecule has 3 rings (SSSR count). The molecule has 0 bridgehead atoms. The molecule has 2 heterocycles. The summed E-state index contributed by atoms with van der Waals surface area (Å²) in [5.41, 5.74) is 1.70. The van der Waals surface area contributed by atoms with Crippen LogP contribution in [-0.4, -0.2) is 38.3 Å². The van der Waals surface area contributed by atoms with Crippen LogP contribution < -0.4 is 10.6 Å². The minimum Gasteiger partial charge on any atom is -0.325 e. The van der Waals surface area contributed by atoms with Gasteiger partial charge in [-0.3, -0.25) is 10.1 Å². The van der Waals surface area contributed by atoms with E-state index in [-0.39, 0.29) is 24.4 Å². The van der Waals surface area contributed by atoms with Gasteiger partial charge in [-0.1, -0.05) is 12.1 Å². The van der Waals surface area contributed by atoms with E-state index < -0.39 is 0 Å². The van der Waals surface area contributed by atoms with Gasteiger partial charge in [-0.2, -0.15) is 0 Å². The quantitative estimate of drug-likeness (QED) is 0.895. The zero-order chi connectivity index (χ0) is 13.9. The van der Waals surface area contributed by atoms with Gasteiger partial charge in [0.15, 0.2) is 5.82 Å². The van der Waals surface area contributed by atoms with Crippen LogP contribution in [0.15, 0.2) is 30.6 Å². The third-order valence-electron chi connectivity index (χ3n) is 3.13. The Morgan fingerprint density at radius 1 is 1.52 bits per heavy atom. The van der Waals surface area contributed by atoms with Gasteiger partial charge >= 0.3 is 0 Å². The largest absolute Gasteiger partial charge is 0.325 e. The highest BCUT2D eigenvalue weighted by atomic mass is 35.5. The molecular weight excluding hydrogens is 310 g/mol. The summed E-state index contributed by atoms with van der Waals surface area (Å²) >= 11 is 1.73. The first-order valence-electron chi connectivity index (χ1n) is 6.30. The predicted octanol–water partition coefficient (Wildman–Crippen LogP) is 1.50. The van der Waals surface area contributed by atoms with Crippen LogP contribution in [0.1, 0.15) is 0 Å². The zero-order valence-electron chi connectivity index (χ0n) is 11.4. The number of thioether (sulfide) groups is 1. The number of aryl methyl sites for hydroxylation is 1. The molecule has 6 nitrogen and oxygen atoms in total. The van der Waals surface area contributed by atoms with Gasteiger partial charge in [-0.15, -0.1) is 34.4 Å². The van der Waals surface area contributed by atoms with Crippen molar-refractivity contribution in [3.63, 3.8) is 0 Å². The van der Waals surface area contributed by atoms with Gasteiger partial charge in [-0.05, 0) is 12.1 Å². The maximum Gasteiger partial charge on any atom is 0.242 e. The van der Waals surface area contributed by atoms with Crippen molar-refractivity contribution in [3.05, 3.63) is 30.6 Å². The Morgan fingerprint density at radius 3 is 3.05 bits per heavy atom. The molecule has 1 fully saturated rings. The zero-order valence-corrected chi connectivity index (χ0v) is 13.1. The van der Waals surface area contributed by atoms with Crippen LogP contribution in [0.4, 0.5) is 5.69 Å². The number of carbonyl (C=O) groups is 1. The number of hydrogen-bond donors (Lipinski definition) is 2. The number of aromatic nitrogens is 3. The standard InChI is InChI=1S/C13H15N5OS.ClH/c1-18-7-15-17-12(18)9-3-2-4-10(5-9)16-13(19)11-6-20-8-14-11;/h2-5,7,11,14H,6,8H2,1H3,(H,16,19);1H. The smallest absolute Gasteiger partial charge is 0.242 e. The maximum atomic E-state index is 12.1. The predicted molar refractivity (Wildman–Crippen MR) is 86.6 cm³/mol. The summed E-state index contributed by atoms with van der Waals surface area (Å²) in [5.74, 6) is 2.42. The fraction of sp³-hybridized carbons (Fsp3) is 0.308. The van der Waals surface area contributed by atoms with E-state index >= 15 is 0 Å². The second-order valence-electron chi connectivity index (χ2n) is 4.61. The SMILES string of the molecule is Cl.Cn1cnnc1-c1cccc(NC(=O)C2CSCN2)c1. The Hall–Kier alpha value is -1.57. The third kappa shape index (κ3) is 3.55. The van der Waals surface area contributed by atoms with E-state index in [0.29, 0.717) is 0 Å². The van der Waals surface area contributed by atoms with E-state index in [1.807, 2.05) is 35.9 Å². The molecule has 112 valence electrons. The summed E-state index contributed by atoms with van der Waals surface area (Å²) in [4.78, 5) is 12.1. The Bertz CT molecular complexity index is 627. The average Bonchev–Trinajstić information content (AvgIpc) is 3.10. The van der Waals surface area contributed by atoms with E-state index in [0.717, 1.165) is 28.7 Å². The highest BCUT2D eigenvalue weighted by molar-refractivity contribution is 7.99. The average molecular weight is 326 g/mol. The van der Waals surface area contributed by atoms with Crippen LogP contribution in [0.25, 0.3) is 11.4 Å². The second kappa shape index (κ2) is 6.93. The second-order valence-corrected chi connectivity index (χ2v) is 5.64. The first-order valence-corrected chi connectivity index (χ1v) is 7.46. The van der Waals surface area contributed by atoms with Gasteiger partial charge in [0.2, 0.25) is 5.91 Å². The molecule has 0 aliphatic carbocycles. The first kappa shape index (κ1) is 15.8. The number of anilines is 1. The number of benzene rings is 1. The van der Waals surface area contributed by atoms with Gasteiger partial charge in [0.1, 0.15) is 6.33 Å². The lowest BCUT2D eigenvalue weighted by Crippen LogP contribution is -2.37. The molecule has 1 aliphatic heterocycles. The molecule has 1 aromatic heterocycles. The molecule has 0 saturated carbocycles. The molecule has 0 radical (unpaired) electrons. The minimum absolute atomic E-state index is 0. The van der Waals surface area contributed by atoms with E-state index in [9.17, 15) is 4.79 Å². The lowest BCUT2D eigenvalue weighted by atomic mass is 10.2. The van der Waals surface area contributed by atoms with Crippen molar-refractivity contribution in [2.45, 2.75) is 6.04 Å². The van der Waals surface area contributed by atoms with Crippen LogP contribution in [0.3, 0.4) is 0 Å². The van der Waals surface area contributed by atoms with Gasteiger partial charge in [0, 0.05) is 29.9 Å². The van der Waals surface area contributed by atoms with Crippen LogP contribution >= 0.6 is 24.2 Å². The number of halogens is 1. The van der Waals surface area contributed by atoms with Crippen molar-refractivity contribution >= 4 is 35.8 Å². The van der Waals surface area contributed by atoms with Gasteiger partial charge in [0.05, 0.1) is 6.04 Å². The number of hydrogen-bond acceptors (Lipinski definition) is 5. The highest BCUT2D eigenvalue weighted by Gasteiger charge is 2.22. The van der Waals surface area contributed by atoms with E-state index in [4.69, 9.17) is 0 Å². The fourth-order valence-corrected chi connectivity index (χ4v) is 3.02. The van der Waals surface area contributed by atoms with Crippen molar-refractivity contribution < 1.29 is 4.79 Å². The van der Waals surface area contributed by atoms with E-state index in [1.165, 1.54) is 0 Å². The molecule has 1 amide bonds. The first-order chi connectivity index (χ1) is 9.74. The summed E-state index contributed by atoms with van der Waals surface area (Å²) in [6.07, 6.45) is 1.65. The lowest BCUT2D eigenvalue weighted by molar-refractivity contribution is -0.117. The number of nitrogens with one attached hydrogen (secondary N) is 2. The van der Waals surface area contributed by atoms with Gasteiger partial charge in [-0.25, -0.2) is 0 Å². The van der Waals surface area contributed by atoms with Crippen LogP contribution in [0.2, 0.25) is 0 Å². The Kier molecular flexibility index (Phi) is 5.22. The number of nitrogens with zero attached hydrogens (tertiary/aromatic N) is 3. The Morgan fingerprint density at radius 2 is 2.38 bits per heavy atom. The van der Waals surface area contributed by atoms with Crippen molar-refractivity contribution in [3.8, 4) is 11.4 Å². The molecule has 21 heavy (non-hydrogen) atoms. The summed E-state index contributed by atoms with van der Waals surface area (Å²) in [7, 11) is 1.89. The summed E-state index contributed by atoms with van der Waals surface area (Å²) in [5, 5.41) is 14.0. The molecule has 1 saturated heterocycles. The molecular formula is C13H16ClN5OS. The van der Waals surface area contributed by atoms with Crippen molar-refractivity contribution in [1.29, 1.82) is 0 Å². The molecule has 1 atom stereocenters. The summed E-state index contributed by atoms with van der Waals surface area (Å²) < 4.78 is 1.84. The maximum absolute atomic E-state index is 12.1. The fourth-order valence-electron chi connectivity index (χ4n) is 2.07. The Labute approximate surface area is 133 Å².